The molecule has 2 aromatic heterocycles. The molecule has 0 aliphatic rings. The summed E-state index contributed by atoms with van der Waals surface area (Å²) in [6.45, 7) is 0. The fourth-order valence-corrected chi connectivity index (χ4v) is 4.20. The van der Waals surface area contributed by atoms with Gasteiger partial charge in [0.15, 0.2) is 0 Å². The molecule has 2 heterocycles. The first kappa shape index (κ1) is 21.3. The largest absolute Gasteiger partial charge is 0.302 e. The van der Waals surface area contributed by atoms with Gasteiger partial charge in [-0.1, -0.05) is 75.0 Å². The maximum Gasteiger partial charge on any atom is 0.117 e. The van der Waals surface area contributed by atoms with Gasteiger partial charge in [-0.2, -0.15) is 5.10 Å². The number of nitrogens with zero attached hydrogens (tertiary/aromatic N) is 4. The summed E-state index contributed by atoms with van der Waals surface area (Å²) in [6, 6.07) is 21.2. The Bertz CT molecular complexity index is 1390. The Hall–Kier alpha value is -2.57. The third-order valence-electron chi connectivity index (χ3n) is 5.01. The highest BCUT2D eigenvalue weighted by atomic mass is 79.9. The number of benzene rings is 3. The number of hydrogen-bond donors (Lipinski definition) is 0. The van der Waals surface area contributed by atoms with Crippen molar-refractivity contribution in [3.63, 3.8) is 0 Å². The highest BCUT2D eigenvalue weighted by Crippen LogP contribution is 2.38. The summed E-state index contributed by atoms with van der Waals surface area (Å²) in [4.78, 5) is 4.26. The summed E-state index contributed by atoms with van der Waals surface area (Å²) in [5.74, 6) is 0. The second kappa shape index (κ2) is 8.75. The van der Waals surface area contributed by atoms with Gasteiger partial charge in [-0.15, -0.1) is 0 Å². The standard InChI is InChI=1S/C24H14BrCl3N4/c25-17-5-1-15(2-6-17)22-24(31-12-11-29-14-31)23(16-3-7-18(26)8-4-16)32(30-22)19-9-10-20(27)21(28)13-19/h1-14H. The van der Waals surface area contributed by atoms with E-state index in [0.717, 1.165) is 38.4 Å². The summed E-state index contributed by atoms with van der Waals surface area (Å²) in [6.07, 6.45) is 5.41. The second-order valence-corrected chi connectivity index (χ2v) is 9.21. The van der Waals surface area contributed by atoms with Crippen molar-refractivity contribution in [1.29, 1.82) is 0 Å². The van der Waals surface area contributed by atoms with Crippen LogP contribution in [-0.2, 0) is 0 Å². The lowest BCUT2D eigenvalue weighted by atomic mass is 10.1. The van der Waals surface area contributed by atoms with Crippen molar-refractivity contribution in [2.45, 2.75) is 0 Å². The average Bonchev–Trinajstić information content (AvgIpc) is 3.45. The molecule has 0 atom stereocenters. The minimum absolute atomic E-state index is 0.455. The fourth-order valence-electron chi connectivity index (χ4n) is 3.52. The minimum atomic E-state index is 0.455. The number of aromatic nitrogens is 4. The van der Waals surface area contributed by atoms with Gasteiger partial charge in [0.2, 0.25) is 0 Å². The molecule has 0 N–H and O–H groups in total. The van der Waals surface area contributed by atoms with Gasteiger partial charge in [0.1, 0.15) is 11.4 Å². The van der Waals surface area contributed by atoms with E-state index in [2.05, 4.69) is 20.9 Å². The van der Waals surface area contributed by atoms with E-state index in [4.69, 9.17) is 39.9 Å². The van der Waals surface area contributed by atoms with Crippen LogP contribution in [0, 0.1) is 0 Å². The van der Waals surface area contributed by atoms with Crippen LogP contribution in [0.3, 0.4) is 0 Å². The van der Waals surface area contributed by atoms with Crippen molar-refractivity contribution in [3.05, 3.63) is 105 Å². The van der Waals surface area contributed by atoms with Crippen LogP contribution in [0.4, 0.5) is 0 Å². The highest BCUT2D eigenvalue weighted by molar-refractivity contribution is 9.10. The maximum atomic E-state index is 6.35. The van der Waals surface area contributed by atoms with Gasteiger partial charge in [-0.3, -0.25) is 0 Å². The molecule has 32 heavy (non-hydrogen) atoms. The number of imidazole rings is 1. The van der Waals surface area contributed by atoms with E-state index in [-0.39, 0.29) is 0 Å². The zero-order valence-electron chi connectivity index (χ0n) is 16.4. The second-order valence-electron chi connectivity index (χ2n) is 7.04. The van der Waals surface area contributed by atoms with E-state index >= 15 is 0 Å². The smallest absolute Gasteiger partial charge is 0.117 e. The quantitative estimate of drug-likeness (QED) is 0.229. The van der Waals surface area contributed by atoms with Crippen molar-refractivity contribution in [1.82, 2.24) is 19.3 Å². The molecule has 0 fully saturated rings. The molecule has 0 saturated heterocycles. The van der Waals surface area contributed by atoms with E-state index in [1.165, 1.54) is 0 Å². The summed E-state index contributed by atoms with van der Waals surface area (Å²) >= 11 is 22.2. The molecule has 5 rings (SSSR count). The molecule has 0 bridgehead atoms. The Morgan fingerprint density at radius 1 is 0.781 bits per heavy atom. The Morgan fingerprint density at radius 2 is 1.50 bits per heavy atom. The number of rotatable bonds is 4. The lowest BCUT2D eigenvalue weighted by Crippen LogP contribution is -2.01. The molecule has 0 radical (unpaired) electrons. The van der Waals surface area contributed by atoms with Crippen LogP contribution in [0.1, 0.15) is 0 Å². The zero-order chi connectivity index (χ0) is 22.2. The van der Waals surface area contributed by atoms with Gasteiger partial charge in [0.05, 0.1) is 27.8 Å². The van der Waals surface area contributed by atoms with Gasteiger partial charge in [0, 0.05) is 33.0 Å². The Kier molecular flexibility index (Phi) is 5.82. The van der Waals surface area contributed by atoms with E-state index in [1.807, 2.05) is 70.0 Å². The average molecular weight is 545 g/mol. The van der Waals surface area contributed by atoms with Crippen LogP contribution in [-0.4, -0.2) is 19.3 Å². The van der Waals surface area contributed by atoms with Gasteiger partial charge >= 0.3 is 0 Å². The first-order chi connectivity index (χ1) is 15.5. The predicted octanol–water partition coefficient (Wildman–Crippen LogP) is 8.11. The predicted molar refractivity (Wildman–Crippen MR) is 134 cm³/mol. The van der Waals surface area contributed by atoms with Crippen molar-refractivity contribution >= 4 is 50.7 Å². The lowest BCUT2D eigenvalue weighted by Gasteiger charge is -2.12. The van der Waals surface area contributed by atoms with Crippen molar-refractivity contribution in [3.8, 4) is 33.9 Å². The van der Waals surface area contributed by atoms with Crippen molar-refractivity contribution in [2.24, 2.45) is 0 Å². The topological polar surface area (TPSA) is 35.6 Å². The third-order valence-corrected chi connectivity index (χ3v) is 6.53. The zero-order valence-corrected chi connectivity index (χ0v) is 20.2. The van der Waals surface area contributed by atoms with Gasteiger partial charge in [-0.05, 0) is 42.5 Å². The molecule has 5 aromatic rings. The summed E-state index contributed by atoms with van der Waals surface area (Å²) in [7, 11) is 0. The van der Waals surface area contributed by atoms with Crippen LogP contribution in [0.25, 0.3) is 33.9 Å². The van der Waals surface area contributed by atoms with Gasteiger partial charge in [0.25, 0.3) is 0 Å². The van der Waals surface area contributed by atoms with Crippen LogP contribution in [0.5, 0.6) is 0 Å². The summed E-state index contributed by atoms with van der Waals surface area (Å²) in [5.41, 5.74) is 5.25. The molecule has 0 saturated carbocycles. The van der Waals surface area contributed by atoms with Gasteiger partial charge in [-0.25, -0.2) is 9.67 Å². The van der Waals surface area contributed by atoms with Crippen LogP contribution < -0.4 is 0 Å². The summed E-state index contributed by atoms with van der Waals surface area (Å²) < 4.78 is 4.83. The molecule has 0 amide bonds. The SMILES string of the molecule is Clc1ccc(-c2c(-n3ccnc3)c(-c3ccc(Br)cc3)nn2-c2ccc(Cl)c(Cl)c2)cc1. The van der Waals surface area contributed by atoms with E-state index in [1.54, 1.807) is 24.7 Å². The summed E-state index contributed by atoms with van der Waals surface area (Å²) in [5, 5.41) is 6.62. The monoisotopic (exact) mass is 542 g/mol. The molecule has 3 aromatic carbocycles. The first-order valence-electron chi connectivity index (χ1n) is 9.60. The molecular formula is C24H14BrCl3N4. The molecule has 8 heteroatoms. The lowest BCUT2D eigenvalue weighted by molar-refractivity contribution is 0.891. The fraction of sp³-hybridized carbons (Fsp3) is 0. The third kappa shape index (κ3) is 3.97. The molecule has 158 valence electrons. The normalized spacial score (nSPS) is 11.1. The highest BCUT2D eigenvalue weighted by Gasteiger charge is 2.23. The number of halogens is 4. The van der Waals surface area contributed by atoms with Crippen molar-refractivity contribution < 1.29 is 0 Å². The minimum Gasteiger partial charge on any atom is -0.302 e. The van der Waals surface area contributed by atoms with E-state index in [0.29, 0.717) is 15.1 Å². The van der Waals surface area contributed by atoms with Crippen LogP contribution in [0.15, 0.2) is 89.9 Å². The Labute approximate surface area is 208 Å². The molecular weight excluding hydrogens is 531 g/mol. The maximum absolute atomic E-state index is 6.35. The molecule has 0 spiro atoms. The first-order valence-corrected chi connectivity index (χ1v) is 11.5. The Balaban J connectivity index is 1.86. The van der Waals surface area contributed by atoms with E-state index < -0.39 is 0 Å². The van der Waals surface area contributed by atoms with Gasteiger partial charge < -0.3 is 4.57 Å². The van der Waals surface area contributed by atoms with E-state index in [9.17, 15) is 0 Å². The molecule has 0 unspecified atom stereocenters. The molecule has 0 aliphatic carbocycles. The van der Waals surface area contributed by atoms with Crippen molar-refractivity contribution in [2.75, 3.05) is 0 Å². The molecule has 4 nitrogen and oxygen atoms in total. The Morgan fingerprint density at radius 3 is 2.16 bits per heavy atom. The van der Waals surface area contributed by atoms with Crippen LogP contribution in [0.2, 0.25) is 15.1 Å². The molecule has 0 aliphatic heterocycles. The number of hydrogen-bond acceptors (Lipinski definition) is 2. The van der Waals surface area contributed by atoms with Crippen LogP contribution >= 0.6 is 50.7 Å².